The van der Waals surface area contributed by atoms with Crippen LogP contribution < -0.4 is 10.5 Å². The highest BCUT2D eigenvalue weighted by Crippen LogP contribution is 2.12. The van der Waals surface area contributed by atoms with Crippen LogP contribution in [0.2, 0.25) is 0 Å². The summed E-state index contributed by atoms with van der Waals surface area (Å²) in [4.78, 5) is 10.6. The minimum absolute atomic E-state index is 0.125. The third-order valence-electron chi connectivity index (χ3n) is 1.87. The summed E-state index contributed by atoms with van der Waals surface area (Å²) >= 11 is 0. The van der Waals surface area contributed by atoms with Gasteiger partial charge in [-0.1, -0.05) is 12.1 Å². The van der Waals surface area contributed by atoms with Gasteiger partial charge in [-0.3, -0.25) is 4.79 Å². The first kappa shape index (κ1) is 11.5. The van der Waals surface area contributed by atoms with Crippen molar-refractivity contribution < 1.29 is 14.6 Å². The number of hydrogen-bond donors (Lipinski definition) is 2. The summed E-state index contributed by atoms with van der Waals surface area (Å²) < 4.78 is 5.33. The lowest BCUT2D eigenvalue weighted by Crippen LogP contribution is -2.13. The van der Waals surface area contributed by atoms with Crippen LogP contribution >= 0.6 is 0 Å². The first-order valence-electron chi connectivity index (χ1n) is 4.83. The smallest absolute Gasteiger partial charge is 0.221 e. The SMILES string of the molecule is NC(=O)Cc1ccc(OCCCO)cc1. The Morgan fingerprint density at radius 3 is 2.53 bits per heavy atom. The summed E-state index contributed by atoms with van der Waals surface area (Å²) in [7, 11) is 0. The highest BCUT2D eigenvalue weighted by atomic mass is 16.5. The van der Waals surface area contributed by atoms with E-state index in [1.165, 1.54) is 0 Å². The molecule has 0 spiro atoms. The van der Waals surface area contributed by atoms with Crippen molar-refractivity contribution in [2.75, 3.05) is 13.2 Å². The Balaban J connectivity index is 2.45. The van der Waals surface area contributed by atoms with E-state index in [1.54, 1.807) is 24.3 Å². The molecule has 3 N–H and O–H groups in total. The monoisotopic (exact) mass is 209 g/mol. The molecule has 0 atom stereocenters. The number of ether oxygens (including phenoxy) is 1. The van der Waals surface area contributed by atoms with Gasteiger partial charge in [0.15, 0.2) is 0 Å². The molecular formula is C11H15NO3. The Labute approximate surface area is 88.7 Å². The van der Waals surface area contributed by atoms with Crippen LogP contribution in [0.5, 0.6) is 5.75 Å². The largest absolute Gasteiger partial charge is 0.494 e. The summed E-state index contributed by atoms with van der Waals surface area (Å²) in [6, 6.07) is 7.18. The van der Waals surface area contributed by atoms with E-state index in [9.17, 15) is 4.79 Å². The number of aliphatic hydroxyl groups is 1. The lowest BCUT2D eigenvalue weighted by atomic mass is 10.1. The topological polar surface area (TPSA) is 72.6 Å². The van der Waals surface area contributed by atoms with Crippen molar-refractivity contribution in [2.24, 2.45) is 5.73 Å². The molecule has 1 aromatic carbocycles. The fourth-order valence-corrected chi connectivity index (χ4v) is 1.16. The predicted octanol–water partition coefficient (Wildman–Crippen LogP) is 0.476. The van der Waals surface area contributed by atoms with E-state index < -0.39 is 0 Å². The standard InChI is InChI=1S/C11H15NO3/c12-11(14)8-9-2-4-10(5-3-9)15-7-1-6-13/h2-5,13H,1,6-8H2,(H2,12,14). The van der Waals surface area contributed by atoms with Crippen LogP contribution in [0.1, 0.15) is 12.0 Å². The van der Waals surface area contributed by atoms with Gasteiger partial charge in [0.2, 0.25) is 5.91 Å². The molecule has 0 radical (unpaired) electrons. The van der Waals surface area contributed by atoms with E-state index in [-0.39, 0.29) is 18.9 Å². The van der Waals surface area contributed by atoms with Crippen LogP contribution in [-0.4, -0.2) is 24.2 Å². The lowest BCUT2D eigenvalue weighted by molar-refractivity contribution is -0.117. The second-order valence-corrected chi connectivity index (χ2v) is 3.21. The molecule has 15 heavy (non-hydrogen) atoms. The van der Waals surface area contributed by atoms with Crippen LogP contribution in [0, 0.1) is 0 Å². The quantitative estimate of drug-likeness (QED) is 0.669. The summed E-state index contributed by atoms with van der Waals surface area (Å²) in [6.45, 7) is 0.616. The Hall–Kier alpha value is -1.55. The zero-order valence-corrected chi connectivity index (χ0v) is 8.48. The van der Waals surface area contributed by atoms with Gasteiger partial charge in [-0.25, -0.2) is 0 Å². The molecule has 1 rings (SSSR count). The molecule has 0 heterocycles. The van der Waals surface area contributed by atoms with Crippen molar-refractivity contribution in [1.82, 2.24) is 0 Å². The molecule has 0 saturated heterocycles. The summed E-state index contributed by atoms with van der Waals surface area (Å²) in [5.41, 5.74) is 5.94. The molecule has 0 aliphatic rings. The molecular weight excluding hydrogens is 194 g/mol. The van der Waals surface area contributed by atoms with Crippen LogP contribution in [0.15, 0.2) is 24.3 Å². The van der Waals surface area contributed by atoms with Gasteiger partial charge >= 0.3 is 0 Å². The highest BCUT2D eigenvalue weighted by molar-refractivity contribution is 5.76. The molecule has 0 unspecified atom stereocenters. The number of aliphatic hydroxyl groups excluding tert-OH is 1. The van der Waals surface area contributed by atoms with Crippen LogP contribution in [0.3, 0.4) is 0 Å². The maximum atomic E-state index is 10.6. The Bertz CT molecular complexity index is 308. The molecule has 0 bridgehead atoms. The second-order valence-electron chi connectivity index (χ2n) is 3.21. The number of benzene rings is 1. The van der Waals surface area contributed by atoms with Gasteiger partial charge in [0.1, 0.15) is 5.75 Å². The number of carbonyl (C=O) groups is 1. The van der Waals surface area contributed by atoms with Crippen molar-refractivity contribution in [3.05, 3.63) is 29.8 Å². The minimum atomic E-state index is -0.344. The second kappa shape index (κ2) is 6.03. The van der Waals surface area contributed by atoms with Crippen molar-refractivity contribution in [3.8, 4) is 5.75 Å². The summed E-state index contributed by atoms with van der Waals surface area (Å²) in [5.74, 6) is 0.389. The van der Waals surface area contributed by atoms with Crippen LogP contribution in [0.4, 0.5) is 0 Å². The zero-order chi connectivity index (χ0) is 11.1. The van der Waals surface area contributed by atoms with Gasteiger partial charge in [0.05, 0.1) is 13.0 Å². The first-order chi connectivity index (χ1) is 7.22. The molecule has 4 heteroatoms. The number of amides is 1. The van der Waals surface area contributed by atoms with E-state index in [2.05, 4.69) is 0 Å². The molecule has 1 amide bonds. The van der Waals surface area contributed by atoms with Crippen molar-refractivity contribution >= 4 is 5.91 Å². The van der Waals surface area contributed by atoms with Crippen molar-refractivity contribution in [3.63, 3.8) is 0 Å². The number of hydrogen-bond acceptors (Lipinski definition) is 3. The van der Waals surface area contributed by atoms with Crippen LogP contribution in [-0.2, 0) is 11.2 Å². The molecule has 0 aliphatic carbocycles. The molecule has 1 aromatic rings. The van der Waals surface area contributed by atoms with Gasteiger partial charge < -0.3 is 15.6 Å². The predicted molar refractivity (Wildman–Crippen MR) is 56.5 cm³/mol. The van der Waals surface area contributed by atoms with Gasteiger partial charge in [0, 0.05) is 13.0 Å². The molecule has 0 fully saturated rings. The van der Waals surface area contributed by atoms with E-state index in [0.29, 0.717) is 13.0 Å². The zero-order valence-electron chi connectivity index (χ0n) is 8.48. The van der Waals surface area contributed by atoms with Gasteiger partial charge in [0.25, 0.3) is 0 Å². The first-order valence-corrected chi connectivity index (χ1v) is 4.83. The third-order valence-corrected chi connectivity index (χ3v) is 1.87. The summed E-state index contributed by atoms with van der Waals surface area (Å²) in [5, 5.41) is 8.56. The Kier molecular flexibility index (Phi) is 4.63. The number of carbonyl (C=O) groups excluding carboxylic acids is 1. The lowest BCUT2D eigenvalue weighted by Gasteiger charge is -2.05. The highest BCUT2D eigenvalue weighted by Gasteiger charge is 1.98. The van der Waals surface area contributed by atoms with E-state index in [4.69, 9.17) is 15.6 Å². The minimum Gasteiger partial charge on any atom is -0.494 e. The Morgan fingerprint density at radius 1 is 1.33 bits per heavy atom. The normalized spacial score (nSPS) is 9.93. The maximum Gasteiger partial charge on any atom is 0.221 e. The molecule has 82 valence electrons. The van der Waals surface area contributed by atoms with E-state index >= 15 is 0 Å². The van der Waals surface area contributed by atoms with E-state index in [1.807, 2.05) is 0 Å². The van der Waals surface area contributed by atoms with Crippen molar-refractivity contribution in [2.45, 2.75) is 12.8 Å². The Morgan fingerprint density at radius 2 is 2.00 bits per heavy atom. The third kappa shape index (κ3) is 4.46. The van der Waals surface area contributed by atoms with E-state index in [0.717, 1.165) is 11.3 Å². The molecule has 0 aromatic heterocycles. The fourth-order valence-electron chi connectivity index (χ4n) is 1.16. The molecule has 0 aliphatic heterocycles. The number of rotatable bonds is 6. The maximum absolute atomic E-state index is 10.6. The fraction of sp³-hybridized carbons (Fsp3) is 0.364. The van der Waals surface area contributed by atoms with Gasteiger partial charge in [-0.2, -0.15) is 0 Å². The molecule has 4 nitrogen and oxygen atoms in total. The number of nitrogens with two attached hydrogens (primary N) is 1. The number of primary amides is 1. The summed E-state index contributed by atoms with van der Waals surface area (Å²) in [6.07, 6.45) is 0.861. The average molecular weight is 209 g/mol. The van der Waals surface area contributed by atoms with Gasteiger partial charge in [-0.15, -0.1) is 0 Å². The van der Waals surface area contributed by atoms with Crippen molar-refractivity contribution in [1.29, 1.82) is 0 Å². The van der Waals surface area contributed by atoms with Gasteiger partial charge in [-0.05, 0) is 17.7 Å². The van der Waals surface area contributed by atoms with Crippen LogP contribution in [0.25, 0.3) is 0 Å². The molecule has 0 saturated carbocycles. The average Bonchev–Trinajstić information content (AvgIpc) is 2.20.